The monoisotopic (exact) mass is 239 g/mol. The second kappa shape index (κ2) is 5.45. The number of nitrogens with one attached hydrogen (secondary N) is 1. The number of nitro benzene ring substituents is 1. The highest BCUT2D eigenvalue weighted by Gasteiger charge is 2.16. The van der Waals surface area contributed by atoms with Crippen LogP contribution in [0.3, 0.4) is 0 Å². The number of anilines is 1. The third kappa shape index (κ3) is 3.16. The van der Waals surface area contributed by atoms with E-state index in [1.165, 1.54) is 25.3 Å². The molecule has 1 amide bonds. The zero-order chi connectivity index (χ0) is 12.8. The van der Waals surface area contributed by atoms with Gasteiger partial charge in [-0.2, -0.15) is 0 Å². The van der Waals surface area contributed by atoms with Gasteiger partial charge in [-0.15, -0.1) is 0 Å². The highest BCUT2D eigenvalue weighted by molar-refractivity contribution is 6.31. The van der Waals surface area contributed by atoms with Crippen LogP contribution >= 0.6 is 0 Å². The molecule has 1 aromatic rings. The number of oxime groups is 1. The number of methoxy groups -OCH3 is 1. The van der Waals surface area contributed by atoms with Crippen molar-refractivity contribution in [3.8, 4) is 5.75 Å². The average molecular weight is 239 g/mol. The van der Waals surface area contributed by atoms with Crippen molar-refractivity contribution in [2.24, 2.45) is 5.16 Å². The Balaban J connectivity index is 3.06. The average Bonchev–Trinajstić information content (AvgIpc) is 2.29. The number of amides is 1. The van der Waals surface area contributed by atoms with Gasteiger partial charge in [-0.05, 0) is 12.1 Å². The van der Waals surface area contributed by atoms with Crippen LogP contribution in [0.5, 0.6) is 5.75 Å². The molecule has 0 radical (unpaired) electrons. The molecule has 0 spiro atoms. The van der Waals surface area contributed by atoms with Crippen LogP contribution in [-0.2, 0) is 4.79 Å². The van der Waals surface area contributed by atoms with Gasteiger partial charge in [-0.1, -0.05) is 5.16 Å². The molecule has 0 aliphatic rings. The molecule has 1 aromatic carbocycles. The first-order valence-electron chi connectivity index (χ1n) is 4.39. The van der Waals surface area contributed by atoms with Crippen LogP contribution < -0.4 is 10.1 Å². The van der Waals surface area contributed by atoms with Crippen molar-refractivity contribution in [2.75, 3.05) is 12.4 Å². The van der Waals surface area contributed by atoms with Gasteiger partial charge in [0.05, 0.1) is 18.1 Å². The van der Waals surface area contributed by atoms with Gasteiger partial charge in [-0.25, -0.2) is 0 Å². The maximum atomic E-state index is 11.1. The maximum Gasteiger partial charge on any atom is 0.296 e. The number of hydrogen-bond donors (Lipinski definition) is 2. The lowest BCUT2D eigenvalue weighted by Gasteiger charge is -2.05. The summed E-state index contributed by atoms with van der Waals surface area (Å²) in [7, 11) is 1.37. The van der Waals surface area contributed by atoms with Gasteiger partial charge < -0.3 is 15.3 Å². The van der Waals surface area contributed by atoms with E-state index >= 15 is 0 Å². The summed E-state index contributed by atoms with van der Waals surface area (Å²) in [6.45, 7) is 0. The standard InChI is InChI=1S/C9H9N3O5/c1-17-6-2-3-7(8(4-6)12(15)16)11-9(13)5-10-14/h2-5,14H,1H3,(H,11,13)/b10-5-. The van der Waals surface area contributed by atoms with Crippen LogP contribution in [0.1, 0.15) is 0 Å². The first kappa shape index (κ1) is 12.4. The fourth-order valence-corrected chi connectivity index (χ4v) is 1.11. The second-order valence-corrected chi connectivity index (χ2v) is 2.87. The minimum atomic E-state index is -0.777. The Morgan fingerprint density at radius 1 is 1.65 bits per heavy atom. The number of rotatable bonds is 4. The van der Waals surface area contributed by atoms with E-state index in [0.717, 1.165) is 0 Å². The van der Waals surface area contributed by atoms with E-state index in [4.69, 9.17) is 9.94 Å². The van der Waals surface area contributed by atoms with Crippen molar-refractivity contribution in [1.82, 2.24) is 0 Å². The Morgan fingerprint density at radius 3 is 2.88 bits per heavy atom. The Morgan fingerprint density at radius 2 is 2.35 bits per heavy atom. The van der Waals surface area contributed by atoms with E-state index in [-0.39, 0.29) is 11.4 Å². The number of nitrogens with zero attached hydrogens (tertiary/aromatic N) is 2. The van der Waals surface area contributed by atoms with Crippen LogP contribution in [0.4, 0.5) is 11.4 Å². The normalized spacial score (nSPS) is 10.2. The molecule has 90 valence electrons. The van der Waals surface area contributed by atoms with Crippen molar-refractivity contribution in [3.05, 3.63) is 28.3 Å². The molecule has 0 heterocycles. The quantitative estimate of drug-likeness (QED) is 0.352. The molecule has 2 N–H and O–H groups in total. The third-order valence-corrected chi connectivity index (χ3v) is 1.83. The van der Waals surface area contributed by atoms with E-state index in [9.17, 15) is 14.9 Å². The fourth-order valence-electron chi connectivity index (χ4n) is 1.11. The number of carbonyl (C=O) groups excluding carboxylic acids is 1. The number of nitro groups is 1. The van der Waals surface area contributed by atoms with E-state index in [1.807, 2.05) is 0 Å². The minimum Gasteiger partial charge on any atom is -0.496 e. The summed E-state index contributed by atoms with van der Waals surface area (Å²) in [6, 6.07) is 3.95. The van der Waals surface area contributed by atoms with Gasteiger partial charge in [0, 0.05) is 0 Å². The summed E-state index contributed by atoms with van der Waals surface area (Å²) in [6.07, 6.45) is 0.591. The highest BCUT2D eigenvalue weighted by atomic mass is 16.6. The number of hydrogen-bond acceptors (Lipinski definition) is 6. The maximum absolute atomic E-state index is 11.1. The van der Waals surface area contributed by atoms with Crippen LogP contribution in [0.2, 0.25) is 0 Å². The molecule has 0 aromatic heterocycles. The molecule has 0 aliphatic carbocycles. The van der Waals surface area contributed by atoms with E-state index in [2.05, 4.69) is 10.5 Å². The summed E-state index contributed by atoms with van der Waals surface area (Å²) in [5.41, 5.74) is -0.329. The number of benzene rings is 1. The molecule has 17 heavy (non-hydrogen) atoms. The molecule has 0 bridgehead atoms. The topological polar surface area (TPSA) is 114 Å². The lowest BCUT2D eigenvalue weighted by atomic mass is 10.2. The molecule has 8 nitrogen and oxygen atoms in total. The summed E-state index contributed by atoms with van der Waals surface area (Å²) in [4.78, 5) is 21.2. The Labute approximate surface area is 95.6 Å². The highest BCUT2D eigenvalue weighted by Crippen LogP contribution is 2.28. The predicted octanol–water partition coefficient (Wildman–Crippen LogP) is 1.00. The SMILES string of the molecule is COc1ccc(NC(=O)/C=N\O)c([N+](=O)[O-])c1. The molecular formula is C9H9N3O5. The molecule has 0 aliphatic heterocycles. The van der Waals surface area contributed by atoms with Crippen molar-refractivity contribution in [1.29, 1.82) is 0 Å². The van der Waals surface area contributed by atoms with Gasteiger partial charge in [0.15, 0.2) is 0 Å². The summed E-state index contributed by atoms with van der Waals surface area (Å²) >= 11 is 0. The lowest BCUT2D eigenvalue weighted by Crippen LogP contribution is -2.13. The zero-order valence-electron chi connectivity index (χ0n) is 8.78. The minimum absolute atomic E-state index is 0.0132. The Bertz CT molecular complexity index is 472. The summed E-state index contributed by atoms with van der Waals surface area (Å²) < 4.78 is 4.83. The van der Waals surface area contributed by atoms with Crippen LogP contribution in [0.25, 0.3) is 0 Å². The summed E-state index contributed by atoms with van der Waals surface area (Å²) in [5.74, 6) is -0.480. The zero-order valence-corrected chi connectivity index (χ0v) is 8.78. The predicted molar refractivity (Wildman–Crippen MR) is 58.6 cm³/mol. The van der Waals surface area contributed by atoms with E-state index in [0.29, 0.717) is 12.0 Å². The molecule has 0 fully saturated rings. The first-order valence-corrected chi connectivity index (χ1v) is 4.39. The van der Waals surface area contributed by atoms with Gasteiger partial charge in [-0.3, -0.25) is 14.9 Å². The van der Waals surface area contributed by atoms with E-state index in [1.54, 1.807) is 0 Å². The molecular weight excluding hydrogens is 230 g/mol. The Hall–Kier alpha value is -2.64. The van der Waals surface area contributed by atoms with Gasteiger partial charge in [0.2, 0.25) is 0 Å². The van der Waals surface area contributed by atoms with Crippen molar-refractivity contribution < 1.29 is 19.7 Å². The fraction of sp³-hybridized carbons (Fsp3) is 0.111. The van der Waals surface area contributed by atoms with Crippen molar-refractivity contribution >= 4 is 23.5 Å². The first-order chi connectivity index (χ1) is 8.08. The molecule has 0 unspecified atom stereocenters. The molecule has 1 rings (SSSR count). The van der Waals surface area contributed by atoms with Crippen LogP contribution in [0.15, 0.2) is 23.4 Å². The van der Waals surface area contributed by atoms with Gasteiger partial charge in [0.1, 0.15) is 17.7 Å². The van der Waals surface area contributed by atoms with Crippen molar-refractivity contribution in [3.63, 3.8) is 0 Å². The smallest absolute Gasteiger partial charge is 0.296 e. The molecule has 0 saturated carbocycles. The third-order valence-electron chi connectivity index (χ3n) is 1.83. The Kier molecular flexibility index (Phi) is 3.98. The molecule has 0 atom stereocenters. The number of carbonyl (C=O) groups is 1. The van der Waals surface area contributed by atoms with Crippen molar-refractivity contribution in [2.45, 2.75) is 0 Å². The molecule has 0 saturated heterocycles. The second-order valence-electron chi connectivity index (χ2n) is 2.87. The lowest BCUT2D eigenvalue weighted by molar-refractivity contribution is -0.384. The largest absolute Gasteiger partial charge is 0.496 e. The molecule has 8 heteroatoms. The van der Waals surface area contributed by atoms with Gasteiger partial charge >= 0.3 is 0 Å². The van der Waals surface area contributed by atoms with Gasteiger partial charge in [0.25, 0.3) is 11.6 Å². The van der Waals surface area contributed by atoms with E-state index < -0.39 is 10.8 Å². The summed E-state index contributed by atoms with van der Waals surface area (Å²) in [5, 5.41) is 23.6. The number of ether oxygens (including phenoxy) is 1. The van der Waals surface area contributed by atoms with Crippen LogP contribution in [-0.4, -0.2) is 29.4 Å². The van der Waals surface area contributed by atoms with Crippen LogP contribution in [0, 0.1) is 10.1 Å².